The molecular weight excluding hydrogens is 287 g/mol. The minimum absolute atomic E-state index is 0.151. The maximum Gasteiger partial charge on any atom is 0.126 e. The Morgan fingerprint density at radius 3 is 2.26 bits per heavy atom. The van der Waals surface area contributed by atoms with Crippen molar-refractivity contribution < 1.29 is 4.39 Å². The van der Waals surface area contributed by atoms with Crippen molar-refractivity contribution in [2.45, 2.75) is 60.3 Å². The summed E-state index contributed by atoms with van der Waals surface area (Å²) in [6.07, 6.45) is 4.10. The number of unbranched alkanes of at least 4 members (excludes halogenated alkanes) is 1. The van der Waals surface area contributed by atoms with Gasteiger partial charge in [0.05, 0.1) is 0 Å². The number of nitrogens with two attached hydrogens (primary N) is 1. The van der Waals surface area contributed by atoms with E-state index in [4.69, 9.17) is 11.1 Å². The van der Waals surface area contributed by atoms with Crippen LogP contribution in [0.3, 0.4) is 0 Å². The van der Waals surface area contributed by atoms with Crippen LogP contribution in [0.4, 0.5) is 4.39 Å². The Morgan fingerprint density at radius 2 is 1.87 bits per heavy atom. The highest BCUT2D eigenvalue weighted by molar-refractivity contribution is 5.96. The summed E-state index contributed by atoms with van der Waals surface area (Å²) in [5.41, 5.74) is 10.6. The minimum Gasteiger partial charge on any atom is -0.402 e. The van der Waals surface area contributed by atoms with Crippen LogP contribution in [-0.4, -0.2) is 5.71 Å². The Balaban J connectivity index is 0.000000423. The molecule has 0 heterocycles. The third kappa shape index (κ3) is 7.78. The summed E-state index contributed by atoms with van der Waals surface area (Å²) < 4.78 is 13.0. The quantitative estimate of drug-likeness (QED) is 0.620. The first kappa shape index (κ1) is 21.1. The van der Waals surface area contributed by atoms with Crippen molar-refractivity contribution in [3.05, 3.63) is 53.0 Å². The number of nitrogens with one attached hydrogen (secondary N) is 1. The van der Waals surface area contributed by atoms with E-state index >= 15 is 0 Å². The van der Waals surface area contributed by atoms with E-state index < -0.39 is 0 Å². The molecule has 1 rings (SSSR count). The van der Waals surface area contributed by atoms with Crippen molar-refractivity contribution in [1.29, 1.82) is 5.41 Å². The molecule has 0 atom stereocenters. The molecule has 0 amide bonds. The fourth-order valence-corrected chi connectivity index (χ4v) is 2.05. The topological polar surface area (TPSA) is 49.9 Å². The highest BCUT2D eigenvalue weighted by Gasteiger charge is 2.01. The zero-order chi connectivity index (χ0) is 18.0. The number of allylic oxidation sites excluding steroid dienone is 3. The van der Waals surface area contributed by atoms with Crippen molar-refractivity contribution in [1.82, 2.24) is 0 Å². The Hall–Kier alpha value is -1.90. The molecule has 128 valence electrons. The average molecular weight is 318 g/mol. The van der Waals surface area contributed by atoms with Gasteiger partial charge >= 0.3 is 0 Å². The fraction of sp³-hybridized carbons (Fsp3) is 0.450. The minimum atomic E-state index is -0.151. The van der Waals surface area contributed by atoms with E-state index in [9.17, 15) is 4.39 Å². The number of aryl methyl sites for hydroxylation is 1. The van der Waals surface area contributed by atoms with E-state index in [0.29, 0.717) is 11.3 Å². The van der Waals surface area contributed by atoms with Gasteiger partial charge in [-0.2, -0.15) is 0 Å². The Morgan fingerprint density at radius 1 is 1.26 bits per heavy atom. The lowest BCUT2D eigenvalue weighted by atomic mass is 10.0. The second kappa shape index (κ2) is 10.8. The van der Waals surface area contributed by atoms with Gasteiger partial charge in [0.25, 0.3) is 0 Å². The summed E-state index contributed by atoms with van der Waals surface area (Å²) in [5, 5.41) is 7.42. The molecule has 1 aromatic carbocycles. The first-order valence-electron chi connectivity index (χ1n) is 8.19. The molecule has 23 heavy (non-hydrogen) atoms. The van der Waals surface area contributed by atoms with Crippen LogP contribution in [0.15, 0.2) is 36.0 Å². The highest BCUT2D eigenvalue weighted by atomic mass is 19.1. The van der Waals surface area contributed by atoms with Crippen LogP contribution >= 0.6 is 0 Å². The molecule has 0 bridgehead atoms. The van der Waals surface area contributed by atoms with Gasteiger partial charge in [-0.3, -0.25) is 0 Å². The van der Waals surface area contributed by atoms with Crippen LogP contribution < -0.4 is 5.73 Å². The van der Waals surface area contributed by atoms with E-state index in [2.05, 4.69) is 13.5 Å². The second-order valence-corrected chi connectivity index (χ2v) is 5.81. The van der Waals surface area contributed by atoms with Crippen molar-refractivity contribution >= 4 is 11.3 Å². The summed E-state index contributed by atoms with van der Waals surface area (Å²) in [7, 11) is 0. The Bertz CT molecular complexity index is 567. The molecule has 0 fully saturated rings. The zero-order valence-corrected chi connectivity index (χ0v) is 15.2. The normalized spacial score (nSPS) is 11.2. The monoisotopic (exact) mass is 318 g/mol. The predicted molar refractivity (Wildman–Crippen MR) is 100 cm³/mol. The third-order valence-electron chi connectivity index (χ3n) is 3.72. The van der Waals surface area contributed by atoms with E-state index in [1.165, 1.54) is 0 Å². The molecule has 0 saturated carbocycles. The molecular formula is C20H31FN2. The van der Waals surface area contributed by atoms with Crippen LogP contribution in [0.2, 0.25) is 0 Å². The maximum absolute atomic E-state index is 13.0. The van der Waals surface area contributed by atoms with Gasteiger partial charge in [0.2, 0.25) is 0 Å². The number of hydrogen-bond acceptors (Lipinski definition) is 2. The summed E-state index contributed by atoms with van der Waals surface area (Å²) in [6, 6.07) is 5.23. The van der Waals surface area contributed by atoms with Gasteiger partial charge in [-0.1, -0.05) is 39.0 Å². The number of hydrogen-bond donors (Lipinski definition) is 2. The number of halogens is 1. The second-order valence-electron chi connectivity index (χ2n) is 5.81. The average Bonchev–Trinajstić information content (AvgIpc) is 2.49. The first-order chi connectivity index (χ1) is 10.7. The van der Waals surface area contributed by atoms with Crippen LogP contribution in [0, 0.1) is 18.2 Å². The first-order valence-corrected chi connectivity index (χ1v) is 8.19. The molecule has 0 aliphatic carbocycles. The van der Waals surface area contributed by atoms with Crippen molar-refractivity contribution in [2.75, 3.05) is 0 Å². The molecule has 3 N–H and O–H groups in total. The van der Waals surface area contributed by atoms with Crippen LogP contribution in [-0.2, 0) is 0 Å². The van der Waals surface area contributed by atoms with E-state index in [-0.39, 0.29) is 5.82 Å². The van der Waals surface area contributed by atoms with E-state index in [0.717, 1.165) is 48.1 Å². The van der Waals surface area contributed by atoms with E-state index in [1.54, 1.807) is 26.0 Å². The smallest absolute Gasteiger partial charge is 0.126 e. The van der Waals surface area contributed by atoms with Gasteiger partial charge in [-0.05, 0) is 68.4 Å². The summed E-state index contributed by atoms with van der Waals surface area (Å²) in [5.74, 6) is -0.151. The number of rotatable bonds is 6. The van der Waals surface area contributed by atoms with Crippen molar-refractivity contribution in [3.63, 3.8) is 0 Å². The summed E-state index contributed by atoms with van der Waals surface area (Å²) in [4.78, 5) is 0. The highest BCUT2D eigenvalue weighted by Crippen LogP contribution is 2.18. The molecule has 0 aliphatic rings. The van der Waals surface area contributed by atoms with Crippen LogP contribution in [0.25, 0.3) is 5.57 Å². The van der Waals surface area contributed by atoms with Crippen molar-refractivity contribution in [2.24, 2.45) is 5.73 Å². The Labute approximate surface area is 140 Å². The molecule has 1 aromatic rings. The summed E-state index contributed by atoms with van der Waals surface area (Å²) in [6.45, 7) is 13.4. The molecule has 0 unspecified atom stereocenters. The van der Waals surface area contributed by atoms with Crippen molar-refractivity contribution in [3.8, 4) is 0 Å². The lowest BCUT2D eigenvalue weighted by molar-refractivity contribution is 0.618. The van der Waals surface area contributed by atoms with Crippen LogP contribution in [0.1, 0.15) is 64.5 Å². The van der Waals surface area contributed by atoms with Gasteiger partial charge in [0.1, 0.15) is 5.82 Å². The molecule has 0 saturated heterocycles. The fourth-order valence-electron chi connectivity index (χ4n) is 2.05. The van der Waals surface area contributed by atoms with Crippen LogP contribution in [0.5, 0.6) is 0 Å². The van der Waals surface area contributed by atoms with Gasteiger partial charge in [0, 0.05) is 11.4 Å². The molecule has 2 nitrogen and oxygen atoms in total. The number of benzene rings is 1. The molecule has 0 spiro atoms. The lowest BCUT2D eigenvalue weighted by Crippen LogP contribution is -2.05. The van der Waals surface area contributed by atoms with Gasteiger partial charge in [-0.25, -0.2) is 4.39 Å². The van der Waals surface area contributed by atoms with Gasteiger partial charge in [-0.15, -0.1) is 0 Å². The largest absolute Gasteiger partial charge is 0.402 e. The predicted octanol–water partition coefficient (Wildman–Crippen LogP) is 6.01. The molecule has 3 heteroatoms. The van der Waals surface area contributed by atoms with Gasteiger partial charge < -0.3 is 11.1 Å². The summed E-state index contributed by atoms with van der Waals surface area (Å²) >= 11 is 0. The molecule has 0 aromatic heterocycles. The Kier molecular flexibility index (Phi) is 9.87. The lowest BCUT2D eigenvalue weighted by Gasteiger charge is -2.06. The molecule has 0 aliphatic heterocycles. The zero-order valence-electron chi connectivity index (χ0n) is 15.2. The standard InChI is InChI=1S/C11H13F.C9H18N2/c1-4-8(2)10-6-5-9(3)11(12)7-10;1-4-5-6-9(7(2)10)8(3)11/h5-7H,2,4H2,1,3H3;10H,4-6,11H2,1-3H3/b;9-8-,10-7?. The molecule has 0 radical (unpaired) electrons. The maximum atomic E-state index is 13.0. The SMILES string of the molecule is C=C(CC)c1ccc(C)c(F)c1.CCCC/C(C(C)=N)=C(\C)N. The van der Waals surface area contributed by atoms with E-state index in [1.807, 2.05) is 19.9 Å². The third-order valence-corrected chi connectivity index (χ3v) is 3.72. The van der Waals surface area contributed by atoms with Gasteiger partial charge in [0.15, 0.2) is 0 Å².